The molecule has 1 amide bonds. The predicted octanol–water partition coefficient (Wildman–Crippen LogP) is 3.90. The van der Waals surface area contributed by atoms with Gasteiger partial charge in [-0.1, -0.05) is 17.8 Å². The molecule has 8 nitrogen and oxygen atoms in total. The van der Waals surface area contributed by atoms with E-state index in [4.69, 9.17) is 4.42 Å². The maximum absolute atomic E-state index is 12.9. The summed E-state index contributed by atoms with van der Waals surface area (Å²) in [6, 6.07) is 11.2. The van der Waals surface area contributed by atoms with E-state index < -0.39 is 16.0 Å². The summed E-state index contributed by atoms with van der Waals surface area (Å²) in [7, 11) is 0. The van der Waals surface area contributed by atoms with Crippen molar-refractivity contribution < 1.29 is 18.5 Å². The Balaban J connectivity index is 1.66. The average molecular weight is 388 g/mol. The maximum Gasteiger partial charge on any atom is 0.277 e. The van der Waals surface area contributed by atoms with Crippen molar-refractivity contribution in [1.82, 2.24) is 10.2 Å². The van der Waals surface area contributed by atoms with E-state index in [0.717, 1.165) is 11.8 Å². The molecule has 1 heterocycles. The van der Waals surface area contributed by atoms with Crippen molar-refractivity contribution in [3.63, 3.8) is 0 Å². The standard InChI is InChI=1S/C17H13FN4O4S/c1-10(15(23)19-13-7-5-12(18)6-8-13)27-17-21-20-16(26-17)11-3-2-4-14(9-11)22(24)25/h2-10H,1H3,(H,19,23)/t10-/m1/s1. The molecule has 0 radical (unpaired) electrons. The van der Waals surface area contributed by atoms with E-state index in [9.17, 15) is 19.3 Å². The Hall–Kier alpha value is -3.27. The minimum atomic E-state index is -0.562. The highest BCUT2D eigenvalue weighted by Gasteiger charge is 2.19. The van der Waals surface area contributed by atoms with Crippen LogP contribution < -0.4 is 5.32 Å². The number of thioether (sulfide) groups is 1. The highest BCUT2D eigenvalue weighted by Crippen LogP contribution is 2.28. The summed E-state index contributed by atoms with van der Waals surface area (Å²) in [4.78, 5) is 22.5. The summed E-state index contributed by atoms with van der Waals surface area (Å²) in [5, 5.41) is 20.8. The number of nitrogens with zero attached hydrogens (tertiary/aromatic N) is 3. The van der Waals surface area contributed by atoms with E-state index in [-0.39, 0.29) is 22.7 Å². The van der Waals surface area contributed by atoms with Gasteiger partial charge in [-0.3, -0.25) is 14.9 Å². The first kappa shape index (κ1) is 18.5. The quantitative estimate of drug-likeness (QED) is 0.387. The van der Waals surface area contributed by atoms with E-state index >= 15 is 0 Å². The number of carbonyl (C=O) groups is 1. The van der Waals surface area contributed by atoms with E-state index in [2.05, 4.69) is 15.5 Å². The summed E-state index contributed by atoms with van der Waals surface area (Å²) in [6.45, 7) is 1.65. The number of halogens is 1. The SMILES string of the molecule is C[C@@H](Sc1nnc(-c2cccc([N+](=O)[O-])c2)o1)C(=O)Nc1ccc(F)cc1. The van der Waals surface area contributed by atoms with Gasteiger partial charge in [-0.05, 0) is 37.3 Å². The Morgan fingerprint density at radius 2 is 2.00 bits per heavy atom. The highest BCUT2D eigenvalue weighted by atomic mass is 32.2. The number of nitro benzene ring substituents is 1. The third-order valence-electron chi connectivity index (χ3n) is 3.47. The number of carbonyl (C=O) groups excluding carboxylic acids is 1. The van der Waals surface area contributed by atoms with Crippen LogP contribution in [0.4, 0.5) is 15.8 Å². The van der Waals surface area contributed by atoms with Crippen molar-refractivity contribution in [2.75, 3.05) is 5.32 Å². The fraction of sp³-hybridized carbons (Fsp3) is 0.118. The minimum Gasteiger partial charge on any atom is -0.411 e. The Morgan fingerprint density at radius 3 is 2.70 bits per heavy atom. The molecule has 3 rings (SSSR count). The summed E-state index contributed by atoms with van der Waals surface area (Å²) in [6.07, 6.45) is 0. The molecule has 0 bridgehead atoms. The van der Waals surface area contributed by atoms with Crippen molar-refractivity contribution in [1.29, 1.82) is 0 Å². The maximum atomic E-state index is 12.9. The van der Waals surface area contributed by atoms with Gasteiger partial charge in [-0.15, -0.1) is 10.2 Å². The summed E-state index contributed by atoms with van der Waals surface area (Å²) < 4.78 is 18.4. The number of hydrogen-bond acceptors (Lipinski definition) is 7. The largest absolute Gasteiger partial charge is 0.411 e. The summed E-state index contributed by atoms with van der Waals surface area (Å²) >= 11 is 1.04. The summed E-state index contributed by atoms with van der Waals surface area (Å²) in [5.74, 6) is -0.594. The number of non-ortho nitro benzene ring substituents is 1. The number of rotatable bonds is 6. The number of aromatic nitrogens is 2. The van der Waals surface area contributed by atoms with Gasteiger partial charge in [0, 0.05) is 23.4 Å². The number of amides is 1. The van der Waals surface area contributed by atoms with Crippen LogP contribution >= 0.6 is 11.8 Å². The van der Waals surface area contributed by atoms with Crippen molar-refractivity contribution in [3.05, 3.63) is 64.5 Å². The molecule has 1 atom stereocenters. The molecule has 27 heavy (non-hydrogen) atoms. The van der Waals surface area contributed by atoms with Gasteiger partial charge in [0.2, 0.25) is 11.8 Å². The fourth-order valence-corrected chi connectivity index (χ4v) is 2.79. The van der Waals surface area contributed by atoms with Gasteiger partial charge in [0.1, 0.15) is 5.82 Å². The molecule has 0 saturated heterocycles. The van der Waals surface area contributed by atoms with Crippen LogP contribution in [0.2, 0.25) is 0 Å². The van der Waals surface area contributed by atoms with E-state index in [1.165, 1.54) is 42.5 Å². The predicted molar refractivity (Wildman–Crippen MR) is 96.7 cm³/mol. The molecule has 0 aliphatic rings. The second-order valence-electron chi connectivity index (χ2n) is 5.44. The highest BCUT2D eigenvalue weighted by molar-refractivity contribution is 8.00. The van der Waals surface area contributed by atoms with Gasteiger partial charge in [0.25, 0.3) is 10.9 Å². The Morgan fingerprint density at radius 1 is 1.26 bits per heavy atom. The molecular formula is C17H13FN4O4S. The Bertz CT molecular complexity index is 977. The molecule has 0 saturated carbocycles. The fourth-order valence-electron chi connectivity index (χ4n) is 2.11. The smallest absolute Gasteiger partial charge is 0.277 e. The third-order valence-corrected chi connectivity index (χ3v) is 4.40. The van der Waals surface area contributed by atoms with Gasteiger partial charge < -0.3 is 9.73 Å². The molecule has 138 valence electrons. The molecule has 0 spiro atoms. The molecule has 0 aliphatic carbocycles. The Kier molecular flexibility index (Phi) is 5.46. The third kappa shape index (κ3) is 4.67. The second-order valence-corrected chi connectivity index (χ2v) is 6.73. The molecule has 1 aromatic heterocycles. The van der Waals surface area contributed by atoms with Crippen molar-refractivity contribution in [3.8, 4) is 11.5 Å². The van der Waals surface area contributed by atoms with Crippen LogP contribution in [0.3, 0.4) is 0 Å². The number of benzene rings is 2. The molecule has 2 aromatic carbocycles. The number of nitro groups is 1. The lowest BCUT2D eigenvalue weighted by atomic mass is 10.2. The number of hydrogen-bond donors (Lipinski definition) is 1. The van der Waals surface area contributed by atoms with Crippen molar-refractivity contribution in [2.45, 2.75) is 17.4 Å². The molecule has 0 aliphatic heterocycles. The van der Waals surface area contributed by atoms with Crippen LogP contribution in [0.1, 0.15) is 6.92 Å². The normalized spacial score (nSPS) is 11.8. The second kappa shape index (κ2) is 7.96. The molecule has 0 fully saturated rings. The molecule has 3 aromatic rings. The van der Waals surface area contributed by atoms with Gasteiger partial charge >= 0.3 is 0 Å². The monoisotopic (exact) mass is 388 g/mol. The summed E-state index contributed by atoms with van der Waals surface area (Å²) in [5.41, 5.74) is 0.788. The molecule has 10 heteroatoms. The zero-order chi connectivity index (χ0) is 19.4. The van der Waals surface area contributed by atoms with E-state index in [1.807, 2.05) is 0 Å². The first-order valence-corrected chi connectivity index (χ1v) is 8.62. The van der Waals surface area contributed by atoms with Crippen molar-refractivity contribution in [2.24, 2.45) is 0 Å². The zero-order valence-corrected chi connectivity index (χ0v) is 14.8. The molecule has 0 unspecified atom stereocenters. The zero-order valence-electron chi connectivity index (χ0n) is 14.0. The lowest BCUT2D eigenvalue weighted by Crippen LogP contribution is -2.22. The molecular weight excluding hydrogens is 375 g/mol. The number of nitrogens with one attached hydrogen (secondary N) is 1. The van der Waals surface area contributed by atoms with Crippen molar-refractivity contribution >= 4 is 29.0 Å². The van der Waals surface area contributed by atoms with Crippen LogP contribution in [-0.4, -0.2) is 26.3 Å². The Labute approximate surface area is 156 Å². The van der Waals surface area contributed by atoms with E-state index in [0.29, 0.717) is 11.3 Å². The lowest BCUT2D eigenvalue weighted by molar-refractivity contribution is -0.384. The van der Waals surface area contributed by atoms with E-state index in [1.54, 1.807) is 13.0 Å². The average Bonchev–Trinajstić information content (AvgIpc) is 3.12. The van der Waals surface area contributed by atoms with Gasteiger partial charge in [0.15, 0.2) is 0 Å². The number of anilines is 1. The van der Waals surface area contributed by atoms with Crippen LogP contribution in [0, 0.1) is 15.9 Å². The minimum absolute atomic E-state index is 0.0908. The first-order valence-electron chi connectivity index (χ1n) is 7.74. The first-order chi connectivity index (χ1) is 12.9. The van der Waals surface area contributed by atoms with Gasteiger partial charge in [-0.25, -0.2) is 4.39 Å². The van der Waals surface area contributed by atoms with Crippen LogP contribution in [0.5, 0.6) is 0 Å². The van der Waals surface area contributed by atoms with Crippen LogP contribution in [0.15, 0.2) is 58.2 Å². The van der Waals surface area contributed by atoms with Gasteiger partial charge in [-0.2, -0.15) is 0 Å². The van der Waals surface area contributed by atoms with Crippen LogP contribution in [0.25, 0.3) is 11.5 Å². The molecule has 1 N–H and O–H groups in total. The van der Waals surface area contributed by atoms with Gasteiger partial charge in [0.05, 0.1) is 10.2 Å². The lowest BCUT2D eigenvalue weighted by Gasteiger charge is -2.09. The topological polar surface area (TPSA) is 111 Å². The van der Waals surface area contributed by atoms with Crippen LogP contribution in [-0.2, 0) is 4.79 Å².